The molecule has 0 fully saturated rings. The summed E-state index contributed by atoms with van der Waals surface area (Å²) in [7, 11) is 0. The molecule has 0 bridgehead atoms. The van der Waals surface area contributed by atoms with Crippen molar-refractivity contribution >= 4 is 11.9 Å². The number of nitrogens with one attached hydrogen (secondary N) is 1. The van der Waals surface area contributed by atoms with E-state index in [-0.39, 0.29) is 18.9 Å². The van der Waals surface area contributed by atoms with Crippen molar-refractivity contribution in [1.82, 2.24) is 5.32 Å². The molecule has 104 valence electrons. The first kappa shape index (κ1) is 15.1. The number of aliphatic carboxylic acids is 1. The Morgan fingerprint density at radius 2 is 1.89 bits per heavy atom. The number of carbonyl (C=O) groups excluding carboxylic acids is 1. The van der Waals surface area contributed by atoms with Crippen molar-refractivity contribution in [3.05, 3.63) is 35.4 Å². The van der Waals surface area contributed by atoms with Gasteiger partial charge in [0.05, 0.1) is 13.0 Å². The highest BCUT2D eigenvalue weighted by Gasteiger charge is 2.30. The van der Waals surface area contributed by atoms with Crippen LogP contribution in [0.15, 0.2) is 24.3 Å². The van der Waals surface area contributed by atoms with Gasteiger partial charge in [0.1, 0.15) is 0 Å². The van der Waals surface area contributed by atoms with E-state index in [1.165, 1.54) is 0 Å². The smallest absolute Gasteiger partial charge is 0.337 e. The topological polar surface area (TPSA) is 113 Å². The molecule has 6 nitrogen and oxygen atoms in total. The van der Waals surface area contributed by atoms with E-state index < -0.39 is 11.6 Å². The number of carboxylic acids is 1. The van der Waals surface area contributed by atoms with Gasteiger partial charge < -0.3 is 21.3 Å². The van der Waals surface area contributed by atoms with Crippen LogP contribution in [0.3, 0.4) is 0 Å². The molecule has 1 unspecified atom stereocenters. The van der Waals surface area contributed by atoms with E-state index >= 15 is 0 Å². The second-order valence-corrected chi connectivity index (χ2v) is 4.51. The van der Waals surface area contributed by atoms with Gasteiger partial charge in [-0.3, -0.25) is 4.79 Å². The zero-order valence-electron chi connectivity index (χ0n) is 10.7. The van der Waals surface area contributed by atoms with Crippen molar-refractivity contribution in [2.24, 2.45) is 5.73 Å². The highest BCUT2D eigenvalue weighted by Crippen LogP contribution is 2.09. The standard InChI is InChI=1S/C13H18N2O4/c1-13(19,12(17)18)8-15-11(16)6-9-4-2-3-5-10(9)7-14/h2-5,19H,6-8,14H2,1H3,(H,15,16)(H,17,18). The molecule has 0 aromatic heterocycles. The van der Waals surface area contributed by atoms with E-state index in [0.717, 1.165) is 18.1 Å². The molecular formula is C13H18N2O4. The number of benzene rings is 1. The molecule has 0 spiro atoms. The minimum atomic E-state index is -1.97. The minimum absolute atomic E-state index is 0.100. The molecule has 5 N–H and O–H groups in total. The lowest BCUT2D eigenvalue weighted by Crippen LogP contribution is -2.46. The van der Waals surface area contributed by atoms with Crippen molar-refractivity contribution in [3.63, 3.8) is 0 Å². The van der Waals surface area contributed by atoms with Gasteiger partial charge in [0.15, 0.2) is 5.60 Å². The number of rotatable bonds is 6. The van der Waals surface area contributed by atoms with Crippen LogP contribution >= 0.6 is 0 Å². The van der Waals surface area contributed by atoms with Gasteiger partial charge >= 0.3 is 5.97 Å². The van der Waals surface area contributed by atoms with Crippen LogP contribution in [0.25, 0.3) is 0 Å². The number of carbonyl (C=O) groups is 2. The predicted molar refractivity (Wildman–Crippen MR) is 69.3 cm³/mol. The van der Waals surface area contributed by atoms with E-state index in [1.54, 1.807) is 12.1 Å². The largest absolute Gasteiger partial charge is 0.479 e. The molecule has 1 amide bonds. The van der Waals surface area contributed by atoms with Crippen LogP contribution in [0.1, 0.15) is 18.1 Å². The van der Waals surface area contributed by atoms with Gasteiger partial charge in [-0.25, -0.2) is 4.79 Å². The summed E-state index contributed by atoms with van der Waals surface area (Å²) in [5.41, 5.74) is 5.24. The summed E-state index contributed by atoms with van der Waals surface area (Å²) in [5, 5.41) is 20.6. The Balaban J connectivity index is 2.59. The van der Waals surface area contributed by atoms with E-state index in [0.29, 0.717) is 6.54 Å². The zero-order valence-corrected chi connectivity index (χ0v) is 10.7. The highest BCUT2D eigenvalue weighted by atomic mass is 16.4. The van der Waals surface area contributed by atoms with Crippen molar-refractivity contribution in [1.29, 1.82) is 0 Å². The van der Waals surface area contributed by atoms with E-state index in [4.69, 9.17) is 10.8 Å². The second-order valence-electron chi connectivity index (χ2n) is 4.51. The molecule has 1 atom stereocenters. The Morgan fingerprint density at radius 3 is 2.42 bits per heavy atom. The lowest BCUT2D eigenvalue weighted by molar-refractivity contribution is -0.156. The van der Waals surface area contributed by atoms with Crippen molar-refractivity contribution in [3.8, 4) is 0 Å². The molecule has 0 radical (unpaired) electrons. The fourth-order valence-electron chi connectivity index (χ4n) is 1.51. The minimum Gasteiger partial charge on any atom is -0.479 e. The van der Waals surface area contributed by atoms with Crippen LogP contribution in [0.4, 0.5) is 0 Å². The summed E-state index contributed by atoms with van der Waals surface area (Å²) in [6.45, 7) is 1.12. The molecule has 19 heavy (non-hydrogen) atoms. The quantitative estimate of drug-likeness (QED) is 0.561. The van der Waals surface area contributed by atoms with Gasteiger partial charge in [-0.2, -0.15) is 0 Å². The lowest BCUT2D eigenvalue weighted by atomic mass is 10.0. The highest BCUT2D eigenvalue weighted by molar-refractivity contribution is 5.81. The average molecular weight is 266 g/mol. The zero-order chi connectivity index (χ0) is 14.5. The molecule has 0 aliphatic rings. The first-order valence-corrected chi connectivity index (χ1v) is 5.86. The maximum Gasteiger partial charge on any atom is 0.337 e. The summed E-state index contributed by atoms with van der Waals surface area (Å²) in [5.74, 6) is -1.74. The first-order chi connectivity index (χ1) is 8.86. The van der Waals surface area contributed by atoms with Crippen LogP contribution in [0, 0.1) is 0 Å². The Labute approximate surface area is 111 Å². The van der Waals surface area contributed by atoms with Crippen LogP contribution < -0.4 is 11.1 Å². The summed E-state index contributed by atoms with van der Waals surface area (Å²) in [4.78, 5) is 22.4. The molecule has 0 aliphatic heterocycles. The number of amides is 1. The van der Waals surface area contributed by atoms with Crippen molar-refractivity contribution in [2.45, 2.75) is 25.5 Å². The summed E-state index contributed by atoms with van der Waals surface area (Å²) in [6, 6.07) is 7.25. The lowest BCUT2D eigenvalue weighted by Gasteiger charge is -2.18. The van der Waals surface area contributed by atoms with E-state index in [9.17, 15) is 14.7 Å². The van der Waals surface area contributed by atoms with Gasteiger partial charge in [0.25, 0.3) is 0 Å². The Hall–Kier alpha value is -1.92. The third-order valence-corrected chi connectivity index (χ3v) is 2.78. The van der Waals surface area contributed by atoms with Crippen LogP contribution in [0.5, 0.6) is 0 Å². The molecule has 0 heterocycles. The van der Waals surface area contributed by atoms with Gasteiger partial charge in [-0.1, -0.05) is 24.3 Å². The summed E-state index contributed by atoms with van der Waals surface area (Å²) >= 11 is 0. The number of carboxylic acid groups (broad SMARTS) is 1. The first-order valence-electron chi connectivity index (χ1n) is 5.86. The average Bonchev–Trinajstić information content (AvgIpc) is 2.37. The molecule has 1 rings (SSSR count). The fraction of sp³-hybridized carbons (Fsp3) is 0.385. The Bertz CT molecular complexity index is 471. The maximum atomic E-state index is 11.7. The van der Waals surface area contributed by atoms with Gasteiger partial charge in [0.2, 0.25) is 5.91 Å². The molecule has 1 aromatic carbocycles. The number of aliphatic hydroxyl groups is 1. The van der Waals surface area contributed by atoms with Gasteiger partial charge in [0, 0.05) is 6.54 Å². The van der Waals surface area contributed by atoms with Crippen molar-refractivity contribution < 1.29 is 19.8 Å². The second kappa shape index (κ2) is 6.31. The normalized spacial score (nSPS) is 13.6. The molecular weight excluding hydrogens is 248 g/mol. The molecule has 0 saturated heterocycles. The van der Waals surface area contributed by atoms with Gasteiger partial charge in [-0.15, -0.1) is 0 Å². The summed E-state index contributed by atoms with van der Waals surface area (Å²) in [6.07, 6.45) is 0.100. The van der Waals surface area contributed by atoms with Crippen LogP contribution in [-0.4, -0.2) is 34.2 Å². The third kappa shape index (κ3) is 4.35. The van der Waals surface area contributed by atoms with Crippen LogP contribution in [0.2, 0.25) is 0 Å². The summed E-state index contributed by atoms with van der Waals surface area (Å²) < 4.78 is 0. The van der Waals surface area contributed by atoms with Crippen molar-refractivity contribution in [2.75, 3.05) is 6.54 Å². The molecule has 6 heteroatoms. The molecule has 1 aromatic rings. The van der Waals surface area contributed by atoms with Crippen LogP contribution in [-0.2, 0) is 22.6 Å². The third-order valence-electron chi connectivity index (χ3n) is 2.78. The Morgan fingerprint density at radius 1 is 1.32 bits per heavy atom. The Kier molecular flexibility index (Phi) is 5.02. The SMILES string of the molecule is CC(O)(CNC(=O)Cc1ccccc1CN)C(=O)O. The number of hydrogen-bond donors (Lipinski definition) is 4. The maximum absolute atomic E-state index is 11.7. The van der Waals surface area contributed by atoms with E-state index in [2.05, 4.69) is 5.32 Å². The number of nitrogens with two attached hydrogens (primary N) is 1. The molecule has 0 saturated carbocycles. The monoisotopic (exact) mass is 266 g/mol. The predicted octanol–water partition coefficient (Wildman–Crippen LogP) is -0.360. The molecule has 0 aliphatic carbocycles. The van der Waals surface area contributed by atoms with E-state index in [1.807, 2.05) is 12.1 Å². The number of hydrogen-bond acceptors (Lipinski definition) is 4. The fourth-order valence-corrected chi connectivity index (χ4v) is 1.51. The van der Waals surface area contributed by atoms with Gasteiger partial charge in [-0.05, 0) is 18.1 Å².